The van der Waals surface area contributed by atoms with Gasteiger partial charge in [0.15, 0.2) is 5.82 Å². The second kappa shape index (κ2) is 15.1. The van der Waals surface area contributed by atoms with Gasteiger partial charge in [-0.3, -0.25) is 9.59 Å². The van der Waals surface area contributed by atoms with E-state index in [2.05, 4.69) is 46.5 Å². The van der Waals surface area contributed by atoms with E-state index in [4.69, 9.17) is 0 Å². The number of aromatic nitrogens is 2. The van der Waals surface area contributed by atoms with Crippen LogP contribution in [-0.4, -0.2) is 61.2 Å². The molecule has 1 unspecified atom stereocenters. The van der Waals surface area contributed by atoms with Gasteiger partial charge in [0, 0.05) is 41.4 Å². The molecule has 9 nitrogen and oxygen atoms in total. The van der Waals surface area contributed by atoms with Gasteiger partial charge in [0.2, 0.25) is 5.72 Å². The Morgan fingerprint density at radius 1 is 0.863 bits per heavy atom. The lowest BCUT2D eigenvalue weighted by Crippen LogP contribution is -2.62. The van der Waals surface area contributed by atoms with Gasteiger partial charge in [-0.25, -0.2) is 14.8 Å². The average molecular weight is 709 g/mol. The van der Waals surface area contributed by atoms with E-state index >= 15 is 0 Å². The maximum Gasteiger partial charge on any atom is 0.326 e. The summed E-state index contributed by atoms with van der Waals surface area (Å²) < 4.78 is 0. The molecule has 268 valence electrons. The van der Waals surface area contributed by atoms with Crippen molar-refractivity contribution in [2.75, 3.05) is 6.54 Å². The SMILES string of the molecule is CC[C@H]1CC[C@H](c2ccc(-c3cnc(-c4ccc(CC(O)(NC(=O)c5ccc(C(C)(C)C)s5)C(=O)N5CCC[C@H]5C(=O)O)cc4)nc3)cc2)CC1. The molecule has 4 aromatic rings. The van der Waals surface area contributed by atoms with Crippen LogP contribution in [0.1, 0.15) is 104 Å². The number of carboxylic acid groups (broad SMARTS) is 1. The predicted molar refractivity (Wildman–Crippen MR) is 199 cm³/mol. The fourth-order valence-electron chi connectivity index (χ4n) is 7.33. The molecule has 3 N–H and O–H groups in total. The summed E-state index contributed by atoms with van der Waals surface area (Å²) in [6.45, 7) is 8.60. The summed E-state index contributed by atoms with van der Waals surface area (Å²) in [5, 5.41) is 24.2. The van der Waals surface area contributed by atoms with Gasteiger partial charge in [-0.05, 0) is 84.6 Å². The molecule has 1 saturated heterocycles. The zero-order valence-corrected chi connectivity index (χ0v) is 30.7. The number of carboxylic acids is 1. The standard InChI is InChI=1S/C41H48N4O5S/c1-5-26-8-12-28(13-9-26)29-16-18-30(19-17-29)32-24-42-36(43-25-32)31-14-10-27(11-15-31)23-41(50,39(49)45-22-6-7-33(45)38(47)48)44-37(46)34-20-21-35(51-34)40(2,3)4/h10-11,14-21,24-26,28,33,50H,5-9,12-13,22-23H2,1-4H3,(H,44,46)(H,47,48)/t26-,28-,33-,41?/m0/s1. The van der Waals surface area contributed by atoms with Crippen LogP contribution in [0.2, 0.25) is 0 Å². The first-order valence-electron chi connectivity index (χ1n) is 18.1. The van der Waals surface area contributed by atoms with E-state index in [-0.39, 0.29) is 24.8 Å². The average Bonchev–Trinajstić information content (AvgIpc) is 3.84. The van der Waals surface area contributed by atoms with Gasteiger partial charge in [0.25, 0.3) is 11.8 Å². The minimum absolute atomic E-state index is 0.177. The Hall–Kier alpha value is -4.41. The van der Waals surface area contributed by atoms with E-state index in [9.17, 15) is 24.6 Å². The highest BCUT2D eigenvalue weighted by atomic mass is 32.1. The van der Waals surface area contributed by atoms with E-state index in [1.807, 2.05) is 51.4 Å². The third kappa shape index (κ3) is 8.23. The van der Waals surface area contributed by atoms with Gasteiger partial charge in [-0.1, -0.05) is 82.6 Å². The van der Waals surface area contributed by atoms with Gasteiger partial charge in [0.1, 0.15) is 6.04 Å². The number of thiophene rings is 1. The molecule has 10 heteroatoms. The third-order valence-corrected chi connectivity index (χ3v) is 12.0. The van der Waals surface area contributed by atoms with Gasteiger partial charge in [-0.2, -0.15) is 0 Å². The van der Waals surface area contributed by atoms with Crippen molar-refractivity contribution in [3.8, 4) is 22.5 Å². The van der Waals surface area contributed by atoms with E-state index in [1.54, 1.807) is 18.2 Å². The van der Waals surface area contributed by atoms with Crippen molar-refractivity contribution in [2.45, 2.75) is 102 Å². The van der Waals surface area contributed by atoms with Crippen LogP contribution < -0.4 is 5.32 Å². The molecule has 3 heterocycles. The predicted octanol–water partition coefficient (Wildman–Crippen LogP) is 7.59. The molecule has 2 fully saturated rings. The van der Waals surface area contributed by atoms with Crippen LogP contribution in [-0.2, 0) is 21.4 Å². The second-order valence-electron chi connectivity index (χ2n) is 15.1. The molecule has 1 saturated carbocycles. The number of likely N-dealkylation sites (tertiary alicyclic amines) is 1. The lowest BCUT2D eigenvalue weighted by molar-refractivity contribution is -0.160. The van der Waals surface area contributed by atoms with Crippen molar-refractivity contribution in [2.24, 2.45) is 5.92 Å². The Bertz CT molecular complexity index is 1840. The zero-order chi connectivity index (χ0) is 36.3. The number of nitrogens with zero attached hydrogens (tertiary/aromatic N) is 3. The van der Waals surface area contributed by atoms with Crippen molar-refractivity contribution in [1.82, 2.24) is 20.2 Å². The normalized spacial score (nSPS) is 20.5. The summed E-state index contributed by atoms with van der Waals surface area (Å²) >= 11 is 1.29. The van der Waals surface area contributed by atoms with Crippen LogP contribution in [0.15, 0.2) is 73.1 Å². The molecule has 2 amide bonds. The van der Waals surface area contributed by atoms with Crippen molar-refractivity contribution < 1.29 is 24.6 Å². The van der Waals surface area contributed by atoms with Gasteiger partial charge >= 0.3 is 5.97 Å². The lowest BCUT2D eigenvalue weighted by Gasteiger charge is -2.33. The maximum absolute atomic E-state index is 13.9. The fourth-order valence-corrected chi connectivity index (χ4v) is 8.29. The molecular weight excluding hydrogens is 661 g/mol. The molecule has 2 aromatic heterocycles. The van der Waals surface area contributed by atoms with Crippen molar-refractivity contribution in [3.63, 3.8) is 0 Å². The van der Waals surface area contributed by atoms with E-state index in [0.717, 1.165) is 32.4 Å². The molecule has 0 spiro atoms. The smallest absolute Gasteiger partial charge is 0.326 e. The number of aliphatic carboxylic acids is 1. The van der Waals surface area contributed by atoms with E-state index in [0.29, 0.717) is 28.6 Å². The number of nitrogens with one attached hydrogen (secondary N) is 1. The van der Waals surface area contributed by atoms with E-state index in [1.165, 1.54) is 49.0 Å². The first kappa shape index (κ1) is 36.4. The minimum Gasteiger partial charge on any atom is -0.480 e. The Balaban J connectivity index is 1.17. The Labute approximate surface area is 304 Å². The number of carbonyl (C=O) groups excluding carboxylic acids is 2. The van der Waals surface area contributed by atoms with Crippen LogP contribution in [0, 0.1) is 5.92 Å². The Morgan fingerprint density at radius 2 is 1.51 bits per heavy atom. The highest BCUT2D eigenvalue weighted by Crippen LogP contribution is 2.37. The summed E-state index contributed by atoms with van der Waals surface area (Å²) in [7, 11) is 0. The zero-order valence-electron chi connectivity index (χ0n) is 29.9. The number of benzene rings is 2. The molecule has 1 aliphatic carbocycles. The molecule has 51 heavy (non-hydrogen) atoms. The molecule has 0 radical (unpaired) electrons. The van der Waals surface area contributed by atoms with Crippen LogP contribution >= 0.6 is 11.3 Å². The summed E-state index contributed by atoms with van der Waals surface area (Å²) in [5.74, 6) is -0.537. The number of amides is 2. The second-order valence-corrected chi connectivity index (χ2v) is 16.2. The first-order chi connectivity index (χ1) is 24.3. The quantitative estimate of drug-likeness (QED) is 0.145. The van der Waals surface area contributed by atoms with E-state index < -0.39 is 29.6 Å². The first-order valence-corrected chi connectivity index (χ1v) is 18.9. The fraction of sp³-hybridized carbons (Fsp3) is 0.439. The minimum atomic E-state index is -2.37. The summed E-state index contributed by atoms with van der Waals surface area (Å²) in [5.41, 5.74) is 2.17. The highest BCUT2D eigenvalue weighted by molar-refractivity contribution is 7.14. The van der Waals surface area contributed by atoms with Crippen LogP contribution in [0.3, 0.4) is 0 Å². The summed E-state index contributed by atoms with van der Waals surface area (Å²) in [6.07, 6.45) is 10.6. The summed E-state index contributed by atoms with van der Waals surface area (Å²) in [6, 6.07) is 18.4. The van der Waals surface area contributed by atoms with Crippen molar-refractivity contribution in [1.29, 1.82) is 0 Å². The lowest BCUT2D eigenvalue weighted by atomic mass is 9.78. The Morgan fingerprint density at radius 3 is 2.10 bits per heavy atom. The molecular formula is C41H48N4O5S. The molecule has 2 aliphatic rings. The molecule has 2 aromatic carbocycles. The van der Waals surface area contributed by atoms with Gasteiger partial charge < -0.3 is 20.4 Å². The Kier molecular flexibility index (Phi) is 10.7. The molecule has 0 bridgehead atoms. The number of aliphatic hydroxyl groups is 1. The van der Waals surface area contributed by atoms with Gasteiger partial charge in [-0.15, -0.1) is 11.3 Å². The molecule has 6 rings (SSSR count). The molecule has 1 aliphatic heterocycles. The maximum atomic E-state index is 13.9. The number of hydrogen-bond donors (Lipinski definition) is 3. The monoisotopic (exact) mass is 708 g/mol. The van der Waals surface area contributed by atoms with Crippen LogP contribution in [0.4, 0.5) is 0 Å². The third-order valence-electron chi connectivity index (χ3n) is 10.5. The van der Waals surface area contributed by atoms with Gasteiger partial charge in [0.05, 0.1) is 4.88 Å². The largest absolute Gasteiger partial charge is 0.480 e. The number of carbonyl (C=O) groups is 3. The molecule has 2 atom stereocenters. The number of rotatable bonds is 10. The number of hydrogen-bond acceptors (Lipinski definition) is 7. The highest BCUT2D eigenvalue weighted by Gasteiger charge is 2.46. The summed E-state index contributed by atoms with van der Waals surface area (Å²) in [4.78, 5) is 51.0. The van der Waals surface area contributed by atoms with Crippen LogP contribution in [0.5, 0.6) is 0 Å². The van der Waals surface area contributed by atoms with Crippen molar-refractivity contribution >= 4 is 29.1 Å². The van der Waals surface area contributed by atoms with Crippen molar-refractivity contribution in [3.05, 3.63) is 93.9 Å². The topological polar surface area (TPSA) is 133 Å². The van der Waals surface area contributed by atoms with Crippen LogP contribution in [0.25, 0.3) is 22.5 Å².